The molecule has 0 aliphatic carbocycles. The van der Waals surface area contributed by atoms with Crippen LogP contribution in [0.15, 0.2) is 54.7 Å². The zero-order chi connectivity index (χ0) is 17.9. The average molecular weight is 352 g/mol. The number of nitrogens with one attached hydrogen (secondary N) is 1. The van der Waals surface area contributed by atoms with E-state index in [1.807, 2.05) is 41.4 Å². The number of ether oxygens (including phenoxy) is 1. The summed E-state index contributed by atoms with van der Waals surface area (Å²) in [6.45, 7) is 1.46. The molecule has 1 aliphatic heterocycles. The van der Waals surface area contributed by atoms with Gasteiger partial charge in [-0.2, -0.15) is 0 Å². The minimum atomic E-state index is -0.218. The molecule has 1 saturated heterocycles. The number of rotatable bonds is 4. The summed E-state index contributed by atoms with van der Waals surface area (Å²) in [4.78, 5) is 17.4. The summed E-state index contributed by atoms with van der Waals surface area (Å²) in [5.41, 5.74) is 2.10. The van der Waals surface area contributed by atoms with Crippen molar-refractivity contribution in [3.8, 4) is 5.75 Å². The van der Waals surface area contributed by atoms with Crippen molar-refractivity contribution in [3.05, 3.63) is 66.1 Å². The van der Waals surface area contributed by atoms with Gasteiger partial charge >= 0.3 is 0 Å². The van der Waals surface area contributed by atoms with Gasteiger partial charge in [0, 0.05) is 30.2 Å². The van der Waals surface area contributed by atoms with E-state index >= 15 is 0 Å². The van der Waals surface area contributed by atoms with Gasteiger partial charge < -0.3 is 14.6 Å². The Hall–Kier alpha value is -2.82. The summed E-state index contributed by atoms with van der Waals surface area (Å²) in [5.74, 6) is 0.836. The van der Waals surface area contributed by atoms with E-state index in [0.717, 1.165) is 29.3 Å². The Morgan fingerprint density at radius 1 is 1.15 bits per heavy atom. The fraction of sp³-hybridized carbons (Fsp3) is 0.286. The zero-order valence-electron chi connectivity index (χ0n) is 14.5. The number of carbonyl (C=O) groups is 1. The highest BCUT2D eigenvalue weighted by Gasteiger charge is 2.25. The number of hydrogen-bond donors (Lipinski definition) is 1. The Morgan fingerprint density at radius 2 is 1.92 bits per heavy atom. The molecule has 134 valence electrons. The number of aromatic nitrogens is 1. The Labute approximate surface area is 151 Å². The first-order valence-electron chi connectivity index (χ1n) is 8.93. The summed E-state index contributed by atoms with van der Waals surface area (Å²) < 4.78 is 19.1. The number of nitrogens with zero attached hydrogens (tertiary/aromatic N) is 1. The van der Waals surface area contributed by atoms with Crippen LogP contribution >= 0.6 is 0 Å². The zero-order valence-corrected chi connectivity index (χ0v) is 14.5. The van der Waals surface area contributed by atoms with Gasteiger partial charge in [0.15, 0.2) is 6.61 Å². The number of H-pyrrole nitrogens is 1. The first-order chi connectivity index (χ1) is 12.7. The molecule has 2 aromatic carbocycles. The van der Waals surface area contributed by atoms with Gasteiger partial charge in [0.05, 0.1) is 0 Å². The second-order valence-corrected chi connectivity index (χ2v) is 6.69. The van der Waals surface area contributed by atoms with Crippen LogP contribution in [0.1, 0.15) is 24.3 Å². The fourth-order valence-electron chi connectivity index (χ4n) is 3.65. The standard InChI is InChI=1S/C21H21FN2O2/c22-16-6-7-20-18(12-16)19(13-23-20)15-8-10-24(11-9-15)21(25)14-26-17-4-2-1-3-5-17/h1-7,12-13,15,23H,8-11,14H2. The fourth-order valence-corrected chi connectivity index (χ4v) is 3.65. The van der Waals surface area contributed by atoms with E-state index in [1.54, 1.807) is 12.1 Å². The maximum atomic E-state index is 13.6. The molecule has 4 nitrogen and oxygen atoms in total. The van der Waals surface area contributed by atoms with Gasteiger partial charge in [0.2, 0.25) is 0 Å². The second-order valence-electron chi connectivity index (χ2n) is 6.69. The minimum absolute atomic E-state index is 0.0114. The van der Waals surface area contributed by atoms with Gasteiger partial charge in [-0.25, -0.2) is 4.39 Å². The number of aromatic amines is 1. The van der Waals surface area contributed by atoms with Crippen LogP contribution in [-0.2, 0) is 4.79 Å². The summed E-state index contributed by atoms with van der Waals surface area (Å²) in [7, 11) is 0. The van der Waals surface area contributed by atoms with Crippen LogP contribution in [0.25, 0.3) is 10.9 Å². The molecule has 1 fully saturated rings. The van der Waals surface area contributed by atoms with Crippen molar-refractivity contribution >= 4 is 16.8 Å². The van der Waals surface area contributed by atoms with Crippen molar-refractivity contribution in [2.45, 2.75) is 18.8 Å². The Morgan fingerprint density at radius 3 is 2.69 bits per heavy atom. The largest absolute Gasteiger partial charge is 0.484 e. The highest BCUT2D eigenvalue weighted by molar-refractivity contribution is 5.84. The molecule has 1 aromatic heterocycles. The lowest BCUT2D eigenvalue weighted by Gasteiger charge is -2.32. The average Bonchev–Trinajstić information content (AvgIpc) is 3.10. The van der Waals surface area contributed by atoms with Crippen molar-refractivity contribution in [2.75, 3.05) is 19.7 Å². The van der Waals surface area contributed by atoms with Gasteiger partial charge in [-0.15, -0.1) is 0 Å². The molecular formula is C21H21FN2O2. The van der Waals surface area contributed by atoms with Crippen LogP contribution in [0.4, 0.5) is 4.39 Å². The molecule has 1 amide bonds. The van der Waals surface area contributed by atoms with Gasteiger partial charge in [-0.05, 0) is 54.7 Å². The van der Waals surface area contributed by atoms with Crippen molar-refractivity contribution in [1.82, 2.24) is 9.88 Å². The molecule has 1 N–H and O–H groups in total. The maximum Gasteiger partial charge on any atom is 0.260 e. The predicted molar refractivity (Wildman–Crippen MR) is 98.7 cm³/mol. The van der Waals surface area contributed by atoms with Crippen molar-refractivity contribution in [3.63, 3.8) is 0 Å². The molecule has 0 radical (unpaired) electrons. The summed E-state index contributed by atoms with van der Waals surface area (Å²) in [6, 6.07) is 14.2. The quantitative estimate of drug-likeness (QED) is 0.769. The number of benzene rings is 2. The monoisotopic (exact) mass is 352 g/mol. The topological polar surface area (TPSA) is 45.3 Å². The van der Waals surface area contributed by atoms with Crippen LogP contribution in [0.3, 0.4) is 0 Å². The first kappa shape index (κ1) is 16.6. The molecule has 3 aromatic rings. The molecule has 0 spiro atoms. The number of amides is 1. The molecule has 0 atom stereocenters. The van der Waals surface area contributed by atoms with Crippen LogP contribution in [0, 0.1) is 5.82 Å². The predicted octanol–water partition coefficient (Wildman–Crippen LogP) is 4.09. The third kappa shape index (κ3) is 3.43. The van der Waals surface area contributed by atoms with Gasteiger partial charge in [0.25, 0.3) is 5.91 Å². The van der Waals surface area contributed by atoms with Crippen LogP contribution in [-0.4, -0.2) is 35.5 Å². The summed E-state index contributed by atoms with van der Waals surface area (Å²) in [6.07, 6.45) is 3.73. The lowest BCUT2D eigenvalue weighted by atomic mass is 9.89. The summed E-state index contributed by atoms with van der Waals surface area (Å²) in [5, 5.41) is 0.946. The van der Waals surface area contributed by atoms with Gasteiger partial charge in [-0.3, -0.25) is 4.79 Å². The molecule has 0 unspecified atom stereocenters. The number of halogens is 1. The van der Waals surface area contributed by atoms with Crippen molar-refractivity contribution < 1.29 is 13.9 Å². The van der Waals surface area contributed by atoms with Crippen LogP contribution < -0.4 is 4.74 Å². The third-order valence-electron chi connectivity index (χ3n) is 5.07. The lowest BCUT2D eigenvalue weighted by molar-refractivity contribution is -0.134. The first-order valence-corrected chi connectivity index (χ1v) is 8.93. The SMILES string of the molecule is O=C(COc1ccccc1)N1CCC(c2c[nH]c3ccc(F)cc23)CC1. The Bertz CT molecular complexity index is 899. The van der Waals surface area contributed by atoms with E-state index in [1.165, 1.54) is 6.07 Å². The molecule has 5 heteroatoms. The van der Waals surface area contributed by atoms with E-state index in [2.05, 4.69) is 4.98 Å². The molecule has 2 heterocycles. The number of fused-ring (bicyclic) bond motifs is 1. The number of likely N-dealkylation sites (tertiary alicyclic amines) is 1. The molecule has 4 rings (SSSR count). The third-order valence-corrected chi connectivity index (χ3v) is 5.07. The highest BCUT2D eigenvalue weighted by Crippen LogP contribution is 2.33. The van der Waals surface area contributed by atoms with E-state index < -0.39 is 0 Å². The van der Waals surface area contributed by atoms with E-state index in [0.29, 0.717) is 24.8 Å². The van der Waals surface area contributed by atoms with Crippen LogP contribution in [0.2, 0.25) is 0 Å². The van der Waals surface area contributed by atoms with Crippen LogP contribution in [0.5, 0.6) is 5.75 Å². The number of hydrogen-bond acceptors (Lipinski definition) is 2. The minimum Gasteiger partial charge on any atom is -0.484 e. The second kappa shape index (κ2) is 7.20. The van der Waals surface area contributed by atoms with E-state index in [-0.39, 0.29) is 18.3 Å². The highest BCUT2D eigenvalue weighted by atomic mass is 19.1. The molecule has 1 aliphatic rings. The number of carbonyl (C=O) groups excluding carboxylic acids is 1. The van der Waals surface area contributed by atoms with E-state index in [9.17, 15) is 9.18 Å². The Balaban J connectivity index is 1.36. The molecule has 0 bridgehead atoms. The molecular weight excluding hydrogens is 331 g/mol. The summed E-state index contributed by atoms with van der Waals surface area (Å²) >= 11 is 0. The van der Waals surface area contributed by atoms with E-state index in [4.69, 9.17) is 4.74 Å². The number of para-hydroxylation sites is 1. The number of piperidine rings is 1. The van der Waals surface area contributed by atoms with Crippen molar-refractivity contribution in [2.24, 2.45) is 0 Å². The Kier molecular flexibility index (Phi) is 4.61. The molecule has 26 heavy (non-hydrogen) atoms. The smallest absolute Gasteiger partial charge is 0.260 e. The van der Waals surface area contributed by atoms with Gasteiger partial charge in [0.1, 0.15) is 11.6 Å². The molecule has 0 saturated carbocycles. The van der Waals surface area contributed by atoms with Gasteiger partial charge in [-0.1, -0.05) is 18.2 Å². The lowest BCUT2D eigenvalue weighted by Crippen LogP contribution is -2.40. The van der Waals surface area contributed by atoms with Crippen molar-refractivity contribution in [1.29, 1.82) is 0 Å². The maximum absolute atomic E-state index is 13.6. The normalized spacial score (nSPS) is 15.3.